The Labute approximate surface area is 96.6 Å². The monoisotopic (exact) mass is 222 g/mol. The van der Waals surface area contributed by atoms with Crippen molar-refractivity contribution < 1.29 is 4.39 Å². The second-order valence-corrected chi connectivity index (χ2v) is 3.79. The molecule has 2 nitrogen and oxygen atoms in total. The maximum absolute atomic E-state index is 13.8. The largest absolute Gasteiger partial charge is 0.365 e. The highest BCUT2D eigenvalue weighted by molar-refractivity contribution is 5.56. The predicted octanol–water partition coefficient (Wildman–Crippen LogP) is 2.86. The summed E-state index contributed by atoms with van der Waals surface area (Å²) in [6.07, 6.45) is 1.76. The van der Waals surface area contributed by atoms with Gasteiger partial charge in [-0.15, -0.1) is 6.58 Å². The molecule has 0 bridgehead atoms. The van der Waals surface area contributed by atoms with Crippen LogP contribution in [-0.2, 0) is 0 Å². The highest BCUT2D eigenvalue weighted by Crippen LogP contribution is 2.28. The van der Waals surface area contributed by atoms with Gasteiger partial charge in [0, 0.05) is 19.1 Å². The number of rotatable bonds is 5. The molecule has 0 unspecified atom stereocenters. The minimum atomic E-state index is -0.224. The van der Waals surface area contributed by atoms with Crippen molar-refractivity contribution in [2.24, 2.45) is 5.73 Å². The number of nitrogens with zero attached hydrogens (tertiary/aromatic N) is 1. The summed E-state index contributed by atoms with van der Waals surface area (Å²) in [7, 11) is 0. The van der Waals surface area contributed by atoms with E-state index in [2.05, 4.69) is 6.58 Å². The van der Waals surface area contributed by atoms with Crippen LogP contribution in [0.5, 0.6) is 0 Å². The van der Waals surface area contributed by atoms with Crippen LogP contribution in [0.2, 0.25) is 0 Å². The summed E-state index contributed by atoms with van der Waals surface area (Å²) in [5.41, 5.74) is 7.29. The van der Waals surface area contributed by atoms with Crippen molar-refractivity contribution in [1.82, 2.24) is 0 Å². The first-order valence-electron chi connectivity index (χ1n) is 5.51. The molecule has 0 aliphatic heterocycles. The van der Waals surface area contributed by atoms with Gasteiger partial charge < -0.3 is 10.6 Å². The third-order valence-corrected chi connectivity index (χ3v) is 2.56. The van der Waals surface area contributed by atoms with Gasteiger partial charge in [0.05, 0.1) is 5.69 Å². The number of anilines is 1. The van der Waals surface area contributed by atoms with E-state index < -0.39 is 0 Å². The fraction of sp³-hybridized carbons (Fsp3) is 0.385. The lowest BCUT2D eigenvalue weighted by Gasteiger charge is -2.26. The zero-order chi connectivity index (χ0) is 12.1. The summed E-state index contributed by atoms with van der Waals surface area (Å²) in [5, 5.41) is 0. The molecule has 0 spiro atoms. The number of hydrogen-bond acceptors (Lipinski definition) is 2. The third-order valence-electron chi connectivity index (χ3n) is 2.56. The first-order valence-corrected chi connectivity index (χ1v) is 5.51. The van der Waals surface area contributed by atoms with Crippen LogP contribution in [0.4, 0.5) is 10.1 Å². The van der Waals surface area contributed by atoms with Gasteiger partial charge in [-0.1, -0.05) is 18.2 Å². The van der Waals surface area contributed by atoms with Crippen molar-refractivity contribution in [3.05, 3.63) is 42.2 Å². The summed E-state index contributed by atoms with van der Waals surface area (Å²) in [6, 6.07) is 4.85. The molecule has 0 aliphatic rings. The quantitative estimate of drug-likeness (QED) is 0.776. The Bertz CT molecular complexity index is 361. The lowest BCUT2D eigenvalue weighted by atomic mass is 10.1. The Morgan fingerprint density at radius 3 is 2.75 bits per heavy atom. The Morgan fingerprint density at radius 1 is 1.56 bits per heavy atom. The Balaban J connectivity index is 3.22. The van der Waals surface area contributed by atoms with Gasteiger partial charge in [-0.05, 0) is 25.5 Å². The molecular formula is C13H19FN2. The van der Waals surface area contributed by atoms with E-state index >= 15 is 0 Å². The molecule has 1 aromatic rings. The number of para-hydroxylation sites is 1. The number of likely N-dealkylation sites (N-methyl/N-ethyl adjacent to an activating group) is 1. The molecule has 0 fully saturated rings. The van der Waals surface area contributed by atoms with E-state index in [-0.39, 0.29) is 11.9 Å². The van der Waals surface area contributed by atoms with Gasteiger partial charge in [-0.3, -0.25) is 0 Å². The van der Waals surface area contributed by atoms with Gasteiger partial charge in [-0.25, -0.2) is 4.39 Å². The molecule has 0 amide bonds. The van der Waals surface area contributed by atoms with Crippen LogP contribution < -0.4 is 10.6 Å². The summed E-state index contributed by atoms with van der Waals surface area (Å²) >= 11 is 0. The van der Waals surface area contributed by atoms with E-state index in [0.717, 1.165) is 12.1 Å². The molecule has 0 heterocycles. The van der Waals surface area contributed by atoms with Crippen LogP contribution in [0.3, 0.4) is 0 Å². The van der Waals surface area contributed by atoms with Crippen LogP contribution in [0.1, 0.15) is 25.5 Å². The van der Waals surface area contributed by atoms with Crippen molar-refractivity contribution in [3.8, 4) is 0 Å². The lowest BCUT2D eigenvalue weighted by molar-refractivity contribution is 0.615. The second-order valence-electron chi connectivity index (χ2n) is 3.79. The average molecular weight is 222 g/mol. The maximum Gasteiger partial charge on any atom is 0.146 e. The molecule has 2 N–H and O–H groups in total. The molecule has 0 saturated carbocycles. The van der Waals surface area contributed by atoms with Gasteiger partial charge in [0.1, 0.15) is 5.82 Å². The van der Waals surface area contributed by atoms with Crippen LogP contribution in [0.15, 0.2) is 30.9 Å². The van der Waals surface area contributed by atoms with Gasteiger partial charge >= 0.3 is 0 Å². The SMILES string of the molecule is C=CCN(CC)c1c(F)cccc1[C@H](C)N. The molecule has 1 rings (SSSR count). The number of nitrogens with two attached hydrogens (primary N) is 1. The summed E-state index contributed by atoms with van der Waals surface area (Å²) in [4.78, 5) is 1.93. The third kappa shape index (κ3) is 2.61. The van der Waals surface area contributed by atoms with Crippen molar-refractivity contribution in [3.63, 3.8) is 0 Å². The van der Waals surface area contributed by atoms with Gasteiger partial charge in [0.25, 0.3) is 0 Å². The summed E-state index contributed by atoms with van der Waals surface area (Å²) < 4.78 is 13.8. The number of benzene rings is 1. The highest BCUT2D eigenvalue weighted by Gasteiger charge is 2.15. The van der Waals surface area contributed by atoms with E-state index in [1.54, 1.807) is 12.1 Å². The van der Waals surface area contributed by atoms with Crippen LogP contribution in [0.25, 0.3) is 0 Å². The second kappa shape index (κ2) is 5.66. The molecule has 0 aromatic heterocycles. The van der Waals surface area contributed by atoms with E-state index in [1.165, 1.54) is 6.07 Å². The summed E-state index contributed by atoms with van der Waals surface area (Å²) in [5.74, 6) is -0.224. The highest BCUT2D eigenvalue weighted by atomic mass is 19.1. The maximum atomic E-state index is 13.8. The van der Waals surface area contributed by atoms with Crippen molar-refractivity contribution in [2.75, 3.05) is 18.0 Å². The molecule has 0 radical (unpaired) electrons. The molecular weight excluding hydrogens is 203 g/mol. The molecule has 1 aromatic carbocycles. The van der Waals surface area contributed by atoms with Crippen LogP contribution in [-0.4, -0.2) is 13.1 Å². The zero-order valence-electron chi connectivity index (χ0n) is 9.91. The smallest absolute Gasteiger partial charge is 0.146 e. The fourth-order valence-electron chi connectivity index (χ4n) is 1.77. The standard InChI is InChI=1S/C13H19FN2/c1-4-9-16(5-2)13-11(10(3)15)7-6-8-12(13)14/h4,6-8,10H,1,5,9,15H2,2-3H3/t10-/m0/s1. The first-order chi connectivity index (χ1) is 7.61. The summed E-state index contributed by atoms with van der Waals surface area (Å²) in [6.45, 7) is 8.88. The van der Waals surface area contributed by atoms with E-state index in [4.69, 9.17) is 5.73 Å². The molecule has 0 aliphatic carbocycles. The van der Waals surface area contributed by atoms with Crippen molar-refractivity contribution >= 4 is 5.69 Å². The fourth-order valence-corrected chi connectivity index (χ4v) is 1.77. The topological polar surface area (TPSA) is 29.3 Å². The molecule has 88 valence electrons. The van der Waals surface area contributed by atoms with Crippen molar-refractivity contribution in [2.45, 2.75) is 19.9 Å². The van der Waals surface area contributed by atoms with Crippen molar-refractivity contribution in [1.29, 1.82) is 0 Å². The zero-order valence-corrected chi connectivity index (χ0v) is 9.91. The molecule has 1 atom stereocenters. The average Bonchev–Trinajstić information content (AvgIpc) is 2.26. The first kappa shape index (κ1) is 12.7. The van der Waals surface area contributed by atoms with Crippen LogP contribution in [0, 0.1) is 5.82 Å². The molecule has 0 saturated heterocycles. The van der Waals surface area contributed by atoms with Gasteiger partial charge in [0.2, 0.25) is 0 Å². The molecule has 3 heteroatoms. The minimum absolute atomic E-state index is 0.176. The Hall–Kier alpha value is -1.35. The lowest BCUT2D eigenvalue weighted by Crippen LogP contribution is -2.26. The van der Waals surface area contributed by atoms with E-state index in [1.807, 2.05) is 24.8 Å². The molecule has 16 heavy (non-hydrogen) atoms. The Kier molecular flexibility index (Phi) is 4.50. The normalized spacial score (nSPS) is 12.2. The van der Waals surface area contributed by atoms with Gasteiger partial charge in [-0.2, -0.15) is 0 Å². The van der Waals surface area contributed by atoms with E-state index in [9.17, 15) is 4.39 Å². The van der Waals surface area contributed by atoms with Crippen LogP contribution >= 0.6 is 0 Å². The predicted molar refractivity (Wildman–Crippen MR) is 67.1 cm³/mol. The van der Waals surface area contributed by atoms with Gasteiger partial charge in [0.15, 0.2) is 0 Å². The van der Waals surface area contributed by atoms with E-state index in [0.29, 0.717) is 12.2 Å². The number of halogens is 1. The Morgan fingerprint density at radius 2 is 2.25 bits per heavy atom. The minimum Gasteiger partial charge on any atom is -0.365 e. The number of hydrogen-bond donors (Lipinski definition) is 1.